The maximum absolute atomic E-state index is 11.9. The van der Waals surface area contributed by atoms with E-state index in [0.29, 0.717) is 17.2 Å². The topological polar surface area (TPSA) is 90.7 Å². The van der Waals surface area contributed by atoms with Gasteiger partial charge in [-0.05, 0) is 35.9 Å². The lowest BCUT2D eigenvalue weighted by molar-refractivity contribution is -0.384. The van der Waals surface area contributed by atoms with E-state index >= 15 is 0 Å². The minimum Gasteiger partial charge on any atom is -0.493 e. The smallest absolute Gasteiger partial charge is 0.269 e. The average molecular weight is 328 g/mol. The summed E-state index contributed by atoms with van der Waals surface area (Å²) < 4.78 is 10.3. The zero-order chi connectivity index (χ0) is 17.5. The second-order valence-electron chi connectivity index (χ2n) is 4.74. The van der Waals surface area contributed by atoms with E-state index in [1.54, 1.807) is 31.4 Å². The van der Waals surface area contributed by atoms with E-state index in [0.717, 1.165) is 5.56 Å². The molecule has 0 heterocycles. The summed E-state index contributed by atoms with van der Waals surface area (Å²) in [4.78, 5) is 22.0. The largest absolute Gasteiger partial charge is 0.493 e. The molecule has 0 atom stereocenters. The molecule has 0 bridgehead atoms. The fourth-order valence-electron chi connectivity index (χ4n) is 1.98. The SMILES string of the molecule is COc1ccc(/C=C/C(=O)Nc2ccc([N+](=O)[O-])cc2)cc1OC. The Labute approximate surface area is 138 Å². The highest BCUT2D eigenvalue weighted by Crippen LogP contribution is 2.28. The Kier molecular flexibility index (Phi) is 5.51. The number of nitrogens with one attached hydrogen (secondary N) is 1. The third-order valence-electron chi connectivity index (χ3n) is 3.18. The van der Waals surface area contributed by atoms with Crippen LogP contribution in [0.5, 0.6) is 11.5 Å². The summed E-state index contributed by atoms with van der Waals surface area (Å²) in [5.41, 5.74) is 1.21. The number of anilines is 1. The Morgan fingerprint density at radius 1 is 1.08 bits per heavy atom. The zero-order valence-corrected chi connectivity index (χ0v) is 13.2. The van der Waals surface area contributed by atoms with Crippen molar-refractivity contribution in [1.82, 2.24) is 0 Å². The number of non-ortho nitro benzene ring substituents is 1. The fourth-order valence-corrected chi connectivity index (χ4v) is 1.98. The maximum atomic E-state index is 11.9. The number of rotatable bonds is 6. The van der Waals surface area contributed by atoms with E-state index in [9.17, 15) is 14.9 Å². The Morgan fingerprint density at radius 2 is 1.75 bits per heavy atom. The van der Waals surface area contributed by atoms with Crippen LogP contribution in [0.15, 0.2) is 48.5 Å². The number of carbonyl (C=O) groups excluding carboxylic acids is 1. The summed E-state index contributed by atoms with van der Waals surface area (Å²) in [6.07, 6.45) is 2.99. The number of hydrogen-bond donors (Lipinski definition) is 1. The molecule has 0 aliphatic rings. The number of methoxy groups -OCH3 is 2. The number of amides is 1. The molecule has 2 aromatic carbocycles. The molecule has 0 aliphatic heterocycles. The van der Waals surface area contributed by atoms with Crippen LogP contribution in [-0.4, -0.2) is 25.1 Å². The number of nitro benzene ring substituents is 1. The second kappa shape index (κ2) is 7.77. The first kappa shape index (κ1) is 17.0. The van der Waals surface area contributed by atoms with Crippen LogP contribution in [0, 0.1) is 10.1 Å². The van der Waals surface area contributed by atoms with Crippen molar-refractivity contribution in [2.75, 3.05) is 19.5 Å². The van der Waals surface area contributed by atoms with E-state index in [4.69, 9.17) is 9.47 Å². The number of carbonyl (C=O) groups is 1. The lowest BCUT2D eigenvalue weighted by Gasteiger charge is -2.07. The lowest BCUT2D eigenvalue weighted by Crippen LogP contribution is -2.07. The molecule has 0 saturated carbocycles. The van der Waals surface area contributed by atoms with Gasteiger partial charge in [0.1, 0.15) is 0 Å². The van der Waals surface area contributed by atoms with Crippen molar-refractivity contribution in [1.29, 1.82) is 0 Å². The molecule has 0 aromatic heterocycles. The lowest BCUT2D eigenvalue weighted by atomic mass is 10.2. The monoisotopic (exact) mass is 328 g/mol. The molecule has 1 amide bonds. The summed E-state index contributed by atoms with van der Waals surface area (Å²) in [6, 6.07) is 10.9. The van der Waals surface area contributed by atoms with E-state index in [1.165, 1.54) is 37.5 Å². The Hall–Kier alpha value is -3.35. The molecular formula is C17H16N2O5. The third kappa shape index (κ3) is 4.33. The molecule has 1 N–H and O–H groups in total. The van der Waals surface area contributed by atoms with E-state index < -0.39 is 4.92 Å². The molecule has 2 rings (SSSR count). The van der Waals surface area contributed by atoms with Gasteiger partial charge in [-0.25, -0.2) is 0 Å². The fraction of sp³-hybridized carbons (Fsp3) is 0.118. The minimum atomic E-state index is -0.497. The van der Waals surface area contributed by atoms with Gasteiger partial charge in [-0.2, -0.15) is 0 Å². The van der Waals surface area contributed by atoms with Gasteiger partial charge in [0, 0.05) is 23.9 Å². The van der Waals surface area contributed by atoms with Crippen molar-refractivity contribution in [3.05, 3.63) is 64.2 Å². The number of nitrogens with zero attached hydrogens (tertiary/aromatic N) is 1. The highest BCUT2D eigenvalue weighted by molar-refractivity contribution is 6.02. The Bertz CT molecular complexity index is 769. The maximum Gasteiger partial charge on any atom is 0.269 e. The summed E-state index contributed by atoms with van der Waals surface area (Å²) in [5, 5.41) is 13.2. The van der Waals surface area contributed by atoms with Gasteiger partial charge in [0.25, 0.3) is 5.69 Å². The number of hydrogen-bond acceptors (Lipinski definition) is 5. The van der Waals surface area contributed by atoms with Crippen molar-refractivity contribution in [2.45, 2.75) is 0 Å². The first-order valence-corrected chi connectivity index (χ1v) is 6.99. The van der Waals surface area contributed by atoms with Gasteiger partial charge in [0.2, 0.25) is 5.91 Å². The molecule has 0 spiro atoms. The molecule has 0 saturated heterocycles. The van der Waals surface area contributed by atoms with Crippen molar-refractivity contribution in [2.24, 2.45) is 0 Å². The van der Waals surface area contributed by atoms with Gasteiger partial charge in [-0.1, -0.05) is 6.07 Å². The molecule has 124 valence electrons. The molecular weight excluding hydrogens is 312 g/mol. The van der Waals surface area contributed by atoms with Gasteiger partial charge >= 0.3 is 0 Å². The third-order valence-corrected chi connectivity index (χ3v) is 3.18. The van der Waals surface area contributed by atoms with Gasteiger partial charge in [0.15, 0.2) is 11.5 Å². The van der Waals surface area contributed by atoms with Crippen LogP contribution in [0.1, 0.15) is 5.56 Å². The highest BCUT2D eigenvalue weighted by atomic mass is 16.6. The molecule has 0 aliphatic carbocycles. The molecule has 0 fully saturated rings. The Balaban J connectivity index is 2.03. The van der Waals surface area contributed by atoms with Crippen LogP contribution in [0.4, 0.5) is 11.4 Å². The number of nitro groups is 1. The Morgan fingerprint density at radius 3 is 2.33 bits per heavy atom. The van der Waals surface area contributed by atoms with Crippen molar-refractivity contribution in [3.63, 3.8) is 0 Å². The molecule has 0 unspecified atom stereocenters. The zero-order valence-electron chi connectivity index (χ0n) is 13.2. The van der Waals surface area contributed by atoms with Crippen LogP contribution in [0.3, 0.4) is 0 Å². The van der Waals surface area contributed by atoms with Gasteiger partial charge in [-0.15, -0.1) is 0 Å². The quantitative estimate of drug-likeness (QED) is 0.499. The predicted octanol–water partition coefficient (Wildman–Crippen LogP) is 3.26. The molecule has 0 radical (unpaired) electrons. The molecule has 7 heteroatoms. The highest BCUT2D eigenvalue weighted by Gasteiger charge is 2.06. The van der Waals surface area contributed by atoms with Crippen LogP contribution in [-0.2, 0) is 4.79 Å². The minimum absolute atomic E-state index is 0.0335. The first-order valence-electron chi connectivity index (χ1n) is 6.99. The van der Waals surface area contributed by atoms with Gasteiger partial charge in [0.05, 0.1) is 19.1 Å². The van der Waals surface area contributed by atoms with Crippen LogP contribution in [0.25, 0.3) is 6.08 Å². The average Bonchev–Trinajstić information content (AvgIpc) is 2.60. The van der Waals surface area contributed by atoms with Crippen LogP contribution in [0.2, 0.25) is 0 Å². The normalized spacial score (nSPS) is 10.4. The second-order valence-corrected chi connectivity index (χ2v) is 4.74. The van der Waals surface area contributed by atoms with Crippen molar-refractivity contribution in [3.8, 4) is 11.5 Å². The van der Waals surface area contributed by atoms with Gasteiger partial charge < -0.3 is 14.8 Å². The van der Waals surface area contributed by atoms with Crippen LogP contribution >= 0.6 is 0 Å². The van der Waals surface area contributed by atoms with E-state index in [-0.39, 0.29) is 11.6 Å². The summed E-state index contributed by atoms with van der Waals surface area (Å²) in [6.45, 7) is 0. The number of benzene rings is 2. The van der Waals surface area contributed by atoms with E-state index in [2.05, 4.69) is 5.32 Å². The predicted molar refractivity (Wildman–Crippen MR) is 90.3 cm³/mol. The molecule has 7 nitrogen and oxygen atoms in total. The molecule has 2 aromatic rings. The summed E-state index contributed by atoms with van der Waals surface area (Å²) in [7, 11) is 3.08. The van der Waals surface area contributed by atoms with Crippen LogP contribution < -0.4 is 14.8 Å². The standard InChI is InChI=1S/C17H16N2O5/c1-23-15-9-3-12(11-16(15)24-2)4-10-17(20)18-13-5-7-14(8-6-13)19(21)22/h3-11H,1-2H3,(H,18,20)/b10-4+. The van der Waals surface area contributed by atoms with E-state index in [1.807, 2.05) is 0 Å². The summed E-state index contributed by atoms with van der Waals surface area (Å²) >= 11 is 0. The van der Waals surface area contributed by atoms with Gasteiger partial charge in [-0.3, -0.25) is 14.9 Å². The molecule has 24 heavy (non-hydrogen) atoms. The summed E-state index contributed by atoms with van der Waals surface area (Å²) in [5.74, 6) is 0.819. The van der Waals surface area contributed by atoms with Crippen molar-refractivity contribution < 1.29 is 19.2 Å². The van der Waals surface area contributed by atoms with Crippen molar-refractivity contribution >= 4 is 23.4 Å². The first-order chi connectivity index (χ1) is 11.5. The number of ether oxygens (including phenoxy) is 2.